The van der Waals surface area contributed by atoms with Crippen molar-refractivity contribution >= 4 is 34.8 Å². The third-order valence-electron chi connectivity index (χ3n) is 3.73. The molecule has 1 aromatic carbocycles. The minimum atomic E-state index is 0.385. The Labute approximate surface area is 133 Å². The zero-order chi connectivity index (χ0) is 14.1. The molecule has 1 aliphatic rings. The summed E-state index contributed by atoms with van der Waals surface area (Å²) in [6.45, 7) is 0. The van der Waals surface area contributed by atoms with E-state index in [1.165, 1.54) is 12.8 Å². The van der Waals surface area contributed by atoms with Crippen molar-refractivity contribution in [1.29, 1.82) is 0 Å². The summed E-state index contributed by atoms with van der Waals surface area (Å²) < 4.78 is 0. The predicted octanol–water partition coefficient (Wildman–Crippen LogP) is 5.76. The Balaban J connectivity index is 2.06. The first-order valence-electron chi connectivity index (χ1n) is 6.64. The van der Waals surface area contributed by atoms with Crippen LogP contribution in [0.25, 0.3) is 11.4 Å². The molecule has 5 heteroatoms. The van der Waals surface area contributed by atoms with Gasteiger partial charge in [0.05, 0.1) is 5.02 Å². The average molecular weight is 328 g/mol. The molecule has 0 N–H and O–H groups in total. The molecule has 0 saturated heterocycles. The fourth-order valence-corrected chi connectivity index (χ4v) is 3.65. The van der Waals surface area contributed by atoms with Crippen LogP contribution < -0.4 is 0 Å². The van der Waals surface area contributed by atoms with E-state index in [0.717, 1.165) is 24.0 Å². The Morgan fingerprint density at radius 2 is 1.50 bits per heavy atom. The molecule has 0 spiro atoms. The van der Waals surface area contributed by atoms with Crippen molar-refractivity contribution in [3.8, 4) is 11.4 Å². The van der Waals surface area contributed by atoms with Gasteiger partial charge in [-0.05, 0) is 30.9 Å². The van der Waals surface area contributed by atoms with E-state index in [4.69, 9.17) is 34.8 Å². The summed E-state index contributed by atoms with van der Waals surface area (Å²) in [6, 6.07) is 7.41. The first kappa shape index (κ1) is 14.1. The first-order valence-corrected chi connectivity index (χ1v) is 7.78. The van der Waals surface area contributed by atoms with E-state index in [9.17, 15) is 0 Å². The maximum Gasteiger partial charge on any atom is 0.164 e. The zero-order valence-corrected chi connectivity index (χ0v) is 13.0. The van der Waals surface area contributed by atoms with Crippen LogP contribution in [0.4, 0.5) is 0 Å². The second-order valence-electron chi connectivity index (χ2n) is 5.00. The molecular formula is C15H13Cl3N2. The SMILES string of the molecule is Clc1ccccc1-c1nc(Cl)c(C2CCCC2)c(Cl)n1. The maximum absolute atomic E-state index is 6.34. The molecule has 20 heavy (non-hydrogen) atoms. The van der Waals surface area contributed by atoms with Crippen molar-refractivity contribution in [2.24, 2.45) is 0 Å². The third-order valence-corrected chi connectivity index (χ3v) is 4.64. The lowest BCUT2D eigenvalue weighted by Crippen LogP contribution is -2.01. The topological polar surface area (TPSA) is 25.8 Å². The van der Waals surface area contributed by atoms with Crippen molar-refractivity contribution in [3.63, 3.8) is 0 Å². The van der Waals surface area contributed by atoms with E-state index >= 15 is 0 Å². The first-order chi connectivity index (χ1) is 9.66. The Hall–Kier alpha value is -0.830. The Bertz CT molecular complexity index is 614. The predicted molar refractivity (Wildman–Crippen MR) is 83.7 cm³/mol. The second kappa shape index (κ2) is 5.88. The lowest BCUT2D eigenvalue weighted by molar-refractivity contribution is 0.715. The molecule has 0 bridgehead atoms. The van der Waals surface area contributed by atoms with Gasteiger partial charge in [0.2, 0.25) is 0 Å². The Kier molecular flexibility index (Phi) is 4.16. The summed E-state index contributed by atoms with van der Waals surface area (Å²) in [5.74, 6) is 0.864. The molecule has 1 saturated carbocycles. The lowest BCUT2D eigenvalue weighted by atomic mass is 10.0. The van der Waals surface area contributed by atoms with Crippen molar-refractivity contribution in [1.82, 2.24) is 9.97 Å². The number of benzene rings is 1. The molecule has 1 fully saturated rings. The normalized spacial score (nSPS) is 15.8. The van der Waals surface area contributed by atoms with Crippen LogP contribution in [-0.4, -0.2) is 9.97 Å². The van der Waals surface area contributed by atoms with Crippen LogP contribution in [0.3, 0.4) is 0 Å². The molecule has 0 aliphatic heterocycles. The highest BCUT2D eigenvalue weighted by atomic mass is 35.5. The van der Waals surface area contributed by atoms with Crippen LogP contribution in [0.1, 0.15) is 37.2 Å². The number of hydrogen-bond donors (Lipinski definition) is 0. The average Bonchev–Trinajstić information content (AvgIpc) is 2.92. The van der Waals surface area contributed by atoms with Crippen LogP contribution in [0.2, 0.25) is 15.3 Å². The fraction of sp³-hybridized carbons (Fsp3) is 0.333. The van der Waals surface area contributed by atoms with Gasteiger partial charge >= 0.3 is 0 Å². The van der Waals surface area contributed by atoms with Gasteiger partial charge in [-0.15, -0.1) is 0 Å². The summed E-state index contributed by atoms with van der Waals surface area (Å²) in [4.78, 5) is 8.79. The van der Waals surface area contributed by atoms with Crippen LogP contribution in [0.15, 0.2) is 24.3 Å². The minimum absolute atomic E-state index is 0.385. The third kappa shape index (κ3) is 2.65. The van der Waals surface area contributed by atoms with Gasteiger partial charge in [0.15, 0.2) is 5.82 Å². The highest BCUT2D eigenvalue weighted by Crippen LogP contribution is 2.41. The molecule has 1 aromatic heterocycles. The number of hydrogen-bond acceptors (Lipinski definition) is 2. The highest BCUT2D eigenvalue weighted by molar-refractivity contribution is 6.35. The Morgan fingerprint density at radius 3 is 2.10 bits per heavy atom. The van der Waals surface area contributed by atoms with Gasteiger partial charge < -0.3 is 0 Å². The molecule has 0 atom stereocenters. The molecule has 0 unspecified atom stereocenters. The van der Waals surface area contributed by atoms with Gasteiger partial charge in [-0.1, -0.05) is 59.8 Å². The van der Waals surface area contributed by atoms with Gasteiger partial charge in [-0.25, -0.2) is 9.97 Å². The van der Waals surface area contributed by atoms with E-state index in [1.807, 2.05) is 18.2 Å². The Morgan fingerprint density at radius 1 is 0.900 bits per heavy atom. The number of aromatic nitrogens is 2. The molecule has 2 nitrogen and oxygen atoms in total. The van der Waals surface area contributed by atoms with Crippen molar-refractivity contribution in [2.75, 3.05) is 0 Å². The van der Waals surface area contributed by atoms with Crippen molar-refractivity contribution in [3.05, 3.63) is 45.2 Å². The molecule has 1 aliphatic carbocycles. The quantitative estimate of drug-likeness (QED) is 0.655. The maximum atomic E-state index is 6.34. The van der Waals surface area contributed by atoms with Gasteiger partial charge in [0.25, 0.3) is 0 Å². The summed E-state index contributed by atoms with van der Waals surface area (Å²) in [7, 11) is 0. The van der Waals surface area contributed by atoms with E-state index in [-0.39, 0.29) is 0 Å². The molecule has 104 valence electrons. The largest absolute Gasteiger partial charge is 0.216 e. The van der Waals surface area contributed by atoms with Gasteiger partial charge in [-0.2, -0.15) is 0 Å². The number of halogens is 3. The lowest BCUT2D eigenvalue weighted by Gasteiger charge is -2.14. The monoisotopic (exact) mass is 326 g/mol. The van der Waals surface area contributed by atoms with E-state index < -0.39 is 0 Å². The minimum Gasteiger partial charge on any atom is -0.216 e. The zero-order valence-electron chi connectivity index (χ0n) is 10.7. The molecule has 2 aromatic rings. The highest BCUT2D eigenvalue weighted by Gasteiger charge is 2.24. The van der Waals surface area contributed by atoms with E-state index in [0.29, 0.717) is 27.1 Å². The van der Waals surface area contributed by atoms with Crippen molar-refractivity contribution in [2.45, 2.75) is 31.6 Å². The van der Waals surface area contributed by atoms with Gasteiger partial charge in [0.1, 0.15) is 10.3 Å². The van der Waals surface area contributed by atoms with Crippen molar-refractivity contribution < 1.29 is 0 Å². The summed E-state index contributed by atoms with van der Waals surface area (Å²) >= 11 is 18.8. The summed E-state index contributed by atoms with van der Waals surface area (Å²) in [5.41, 5.74) is 1.64. The van der Waals surface area contributed by atoms with Gasteiger partial charge in [0, 0.05) is 11.1 Å². The summed E-state index contributed by atoms with van der Waals surface area (Å²) in [6.07, 6.45) is 4.63. The molecule has 0 amide bonds. The van der Waals surface area contributed by atoms with Crippen LogP contribution in [0, 0.1) is 0 Å². The van der Waals surface area contributed by atoms with Crippen LogP contribution in [-0.2, 0) is 0 Å². The molecular weight excluding hydrogens is 315 g/mol. The summed E-state index contributed by atoms with van der Waals surface area (Å²) in [5, 5.41) is 1.49. The smallest absolute Gasteiger partial charge is 0.164 e. The molecule has 0 radical (unpaired) electrons. The molecule has 3 rings (SSSR count). The number of nitrogens with zero attached hydrogens (tertiary/aromatic N) is 2. The number of rotatable bonds is 2. The fourth-order valence-electron chi connectivity index (χ4n) is 2.73. The van der Waals surface area contributed by atoms with Crippen LogP contribution >= 0.6 is 34.8 Å². The van der Waals surface area contributed by atoms with E-state index in [1.54, 1.807) is 6.07 Å². The van der Waals surface area contributed by atoms with Crippen LogP contribution in [0.5, 0.6) is 0 Å². The standard InChI is InChI=1S/C15H13Cl3N2/c16-11-8-4-3-7-10(11)15-19-13(17)12(14(18)20-15)9-5-1-2-6-9/h3-4,7-9H,1-2,5-6H2. The van der Waals surface area contributed by atoms with E-state index in [2.05, 4.69) is 9.97 Å². The second-order valence-corrected chi connectivity index (χ2v) is 6.13. The van der Waals surface area contributed by atoms with Gasteiger partial charge in [-0.3, -0.25) is 0 Å². The molecule has 1 heterocycles.